The fourth-order valence-electron chi connectivity index (χ4n) is 2.98. The maximum absolute atomic E-state index is 12.5. The third-order valence-corrected chi connectivity index (χ3v) is 4.49. The van der Waals surface area contributed by atoms with E-state index in [2.05, 4.69) is 12.2 Å². The summed E-state index contributed by atoms with van der Waals surface area (Å²) in [7, 11) is 1.59. The largest absolute Gasteiger partial charge is 0.497 e. The van der Waals surface area contributed by atoms with Crippen LogP contribution < -0.4 is 15.0 Å². The lowest BCUT2D eigenvalue weighted by atomic mass is 10.1. The Kier molecular flexibility index (Phi) is 5.03. The molecule has 0 radical (unpaired) electrons. The van der Waals surface area contributed by atoms with Crippen molar-refractivity contribution in [3.63, 3.8) is 0 Å². The molecule has 0 spiro atoms. The smallest absolute Gasteiger partial charge is 0.229 e. The first-order valence-corrected chi connectivity index (χ1v) is 8.45. The van der Waals surface area contributed by atoms with Gasteiger partial charge in [0.25, 0.3) is 0 Å². The van der Waals surface area contributed by atoms with E-state index in [1.807, 2.05) is 48.5 Å². The minimum absolute atomic E-state index is 0.0465. The van der Waals surface area contributed by atoms with Crippen molar-refractivity contribution in [3.8, 4) is 5.75 Å². The fourth-order valence-corrected chi connectivity index (χ4v) is 2.98. The molecular formula is C20H22N2O3. The van der Waals surface area contributed by atoms with Gasteiger partial charge in [0, 0.05) is 30.4 Å². The number of nitrogens with one attached hydrogen (secondary N) is 1. The molecule has 0 aromatic heterocycles. The van der Waals surface area contributed by atoms with Crippen LogP contribution in [-0.2, 0) is 16.0 Å². The molecule has 3 rings (SSSR count). The molecular weight excluding hydrogens is 316 g/mol. The van der Waals surface area contributed by atoms with Gasteiger partial charge in [0.15, 0.2) is 0 Å². The third-order valence-electron chi connectivity index (χ3n) is 4.49. The maximum Gasteiger partial charge on any atom is 0.229 e. The standard InChI is InChI=1S/C20H22N2O3/c1-3-14-7-9-16(10-8-14)21-20(24)15-11-19(23)22(13-15)17-5-4-6-18(12-17)25-2/h4-10,12,15H,3,11,13H2,1-2H3,(H,21,24). The summed E-state index contributed by atoms with van der Waals surface area (Å²) in [4.78, 5) is 26.5. The first-order chi connectivity index (χ1) is 12.1. The van der Waals surface area contributed by atoms with Crippen molar-refractivity contribution in [2.45, 2.75) is 19.8 Å². The normalized spacial score (nSPS) is 16.8. The van der Waals surface area contributed by atoms with E-state index in [-0.39, 0.29) is 24.2 Å². The van der Waals surface area contributed by atoms with Crippen LogP contribution in [0, 0.1) is 5.92 Å². The van der Waals surface area contributed by atoms with E-state index < -0.39 is 0 Å². The monoisotopic (exact) mass is 338 g/mol. The molecule has 1 aliphatic heterocycles. The Bertz CT molecular complexity index is 771. The lowest BCUT2D eigenvalue weighted by molar-refractivity contribution is -0.122. The SMILES string of the molecule is CCc1ccc(NC(=O)C2CC(=O)N(c3cccc(OC)c3)C2)cc1. The summed E-state index contributed by atoms with van der Waals surface area (Å²) in [5.41, 5.74) is 2.74. The minimum Gasteiger partial charge on any atom is -0.497 e. The van der Waals surface area contributed by atoms with Crippen LogP contribution in [0.4, 0.5) is 11.4 Å². The Balaban J connectivity index is 1.67. The van der Waals surface area contributed by atoms with Crippen LogP contribution in [-0.4, -0.2) is 25.5 Å². The summed E-state index contributed by atoms with van der Waals surface area (Å²) < 4.78 is 5.20. The first kappa shape index (κ1) is 17.0. The Morgan fingerprint density at radius 1 is 1.24 bits per heavy atom. The molecule has 1 unspecified atom stereocenters. The average molecular weight is 338 g/mol. The maximum atomic E-state index is 12.5. The van der Waals surface area contributed by atoms with Gasteiger partial charge < -0.3 is 15.0 Å². The van der Waals surface area contributed by atoms with Gasteiger partial charge >= 0.3 is 0 Å². The summed E-state index contributed by atoms with van der Waals surface area (Å²) in [6.45, 7) is 2.47. The van der Waals surface area contributed by atoms with Crippen molar-refractivity contribution >= 4 is 23.2 Å². The lowest BCUT2D eigenvalue weighted by Gasteiger charge is -2.17. The second-order valence-electron chi connectivity index (χ2n) is 6.15. The number of amides is 2. The second kappa shape index (κ2) is 7.38. The van der Waals surface area contributed by atoms with Crippen LogP contribution in [0.15, 0.2) is 48.5 Å². The van der Waals surface area contributed by atoms with Gasteiger partial charge in [0.05, 0.1) is 13.0 Å². The molecule has 1 saturated heterocycles. The molecule has 130 valence electrons. The second-order valence-corrected chi connectivity index (χ2v) is 6.15. The van der Waals surface area contributed by atoms with Crippen molar-refractivity contribution in [1.29, 1.82) is 0 Å². The molecule has 1 N–H and O–H groups in total. The van der Waals surface area contributed by atoms with Crippen LogP contribution in [0.3, 0.4) is 0 Å². The van der Waals surface area contributed by atoms with E-state index in [4.69, 9.17) is 4.74 Å². The highest BCUT2D eigenvalue weighted by atomic mass is 16.5. The Labute approximate surface area is 147 Å². The number of hydrogen-bond donors (Lipinski definition) is 1. The number of anilines is 2. The van der Waals surface area contributed by atoms with Crippen LogP contribution >= 0.6 is 0 Å². The number of ether oxygens (including phenoxy) is 1. The van der Waals surface area contributed by atoms with Crippen molar-refractivity contribution in [2.24, 2.45) is 5.92 Å². The summed E-state index contributed by atoms with van der Waals surface area (Å²) in [6, 6.07) is 15.1. The van der Waals surface area contributed by atoms with Gasteiger partial charge in [-0.1, -0.05) is 25.1 Å². The van der Waals surface area contributed by atoms with Crippen LogP contribution in [0.5, 0.6) is 5.75 Å². The van der Waals surface area contributed by atoms with E-state index in [0.717, 1.165) is 17.8 Å². The van der Waals surface area contributed by atoms with Crippen LogP contribution in [0.25, 0.3) is 0 Å². The van der Waals surface area contributed by atoms with E-state index in [1.165, 1.54) is 5.56 Å². The highest BCUT2D eigenvalue weighted by molar-refractivity contribution is 6.03. The number of aryl methyl sites for hydroxylation is 1. The zero-order valence-electron chi connectivity index (χ0n) is 14.5. The van der Waals surface area contributed by atoms with E-state index in [9.17, 15) is 9.59 Å². The van der Waals surface area contributed by atoms with E-state index >= 15 is 0 Å². The van der Waals surface area contributed by atoms with Gasteiger partial charge in [-0.05, 0) is 36.2 Å². The first-order valence-electron chi connectivity index (χ1n) is 8.45. The van der Waals surface area contributed by atoms with E-state index in [0.29, 0.717) is 12.3 Å². The molecule has 2 aromatic carbocycles. The van der Waals surface area contributed by atoms with Gasteiger partial charge in [-0.25, -0.2) is 0 Å². The zero-order valence-corrected chi connectivity index (χ0v) is 14.5. The summed E-state index contributed by atoms with van der Waals surface area (Å²) in [5.74, 6) is 0.163. The number of methoxy groups -OCH3 is 1. The number of carbonyl (C=O) groups excluding carboxylic acids is 2. The quantitative estimate of drug-likeness (QED) is 0.910. The Morgan fingerprint density at radius 2 is 2.00 bits per heavy atom. The van der Waals surface area contributed by atoms with Crippen molar-refractivity contribution in [3.05, 3.63) is 54.1 Å². The highest BCUT2D eigenvalue weighted by Crippen LogP contribution is 2.28. The predicted octanol–water partition coefficient (Wildman–Crippen LogP) is 3.25. The summed E-state index contributed by atoms with van der Waals surface area (Å²) in [6.07, 6.45) is 1.18. The van der Waals surface area contributed by atoms with Crippen LogP contribution in [0.2, 0.25) is 0 Å². The van der Waals surface area contributed by atoms with Crippen molar-refractivity contribution in [1.82, 2.24) is 0 Å². The highest BCUT2D eigenvalue weighted by Gasteiger charge is 2.35. The predicted molar refractivity (Wildman–Crippen MR) is 97.9 cm³/mol. The van der Waals surface area contributed by atoms with Crippen molar-refractivity contribution in [2.75, 3.05) is 23.9 Å². The Hall–Kier alpha value is -2.82. The van der Waals surface area contributed by atoms with Gasteiger partial charge in [0.2, 0.25) is 11.8 Å². The zero-order chi connectivity index (χ0) is 17.8. The molecule has 25 heavy (non-hydrogen) atoms. The molecule has 0 aliphatic carbocycles. The summed E-state index contributed by atoms with van der Waals surface area (Å²) >= 11 is 0. The average Bonchev–Trinajstić information content (AvgIpc) is 3.04. The number of carbonyl (C=O) groups is 2. The summed E-state index contributed by atoms with van der Waals surface area (Å²) in [5, 5.41) is 2.91. The molecule has 1 heterocycles. The fraction of sp³-hybridized carbons (Fsp3) is 0.300. The van der Waals surface area contributed by atoms with Gasteiger partial charge in [-0.15, -0.1) is 0 Å². The van der Waals surface area contributed by atoms with Gasteiger partial charge in [0.1, 0.15) is 5.75 Å². The number of nitrogens with zero attached hydrogens (tertiary/aromatic N) is 1. The molecule has 2 amide bonds. The topological polar surface area (TPSA) is 58.6 Å². The molecule has 5 heteroatoms. The number of benzene rings is 2. The number of hydrogen-bond acceptors (Lipinski definition) is 3. The van der Waals surface area contributed by atoms with Gasteiger partial charge in [-0.2, -0.15) is 0 Å². The lowest BCUT2D eigenvalue weighted by Crippen LogP contribution is -2.28. The molecule has 5 nitrogen and oxygen atoms in total. The minimum atomic E-state index is -0.357. The third kappa shape index (κ3) is 3.82. The van der Waals surface area contributed by atoms with E-state index in [1.54, 1.807) is 12.0 Å². The molecule has 1 fully saturated rings. The number of rotatable bonds is 5. The van der Waals surface area contributed by atoms with Gasteiger partial charge in [-0.3, -0.25) is 9.59 Å². The Morgan fingerprint density at radius 3 is 2.68 bits per heavy atom. The molecule has 0 bridgehead atoms. The van der Waals surface area contributed by atoms with Crippen LogP contribution in [0.1, 0.15) is 18.9 Å². The molecule has 1 aliphatic rings. The molecule has 0 saturated carbocycles. The molecule has 1 atom stereocenters. The molecule has 2 aromatic rings. The van der Waals surface area contributed by atoms with Crippen molar-refractivity contribution < 1.29 is 14.3 Å².